The highest BCUT2D eigenvalue weighted by Crippen LogP contribution is 2.33. The third-order valence-electron chi connectivity index (χ3n) is 4.47. The molecule has 0 atom stereocenters. The molecule has 0 radical (unpaired) electrons. The lowest BCUT2D eigenvalue weighted by molar-refractivity contribution is 0.264. The Labute approximate surface area is 157 Å². The third kappa shape index (κ3) is 2.85. The predicted molar refractivity (Wildman–Crippen MR) is 106 cm³/mol. The van der Waals surface area contributed by atoms with Crippen LogP contribution in [-0.2, 0) is 13.2 Å². The van der Waals surface area contributed by atoms with Crippen molar-refractivity contribution in [3.8, 4) is 11.3 Å². The number of nitrogens with zero attached hydrogens (tertiary/aromatic N) is 3. The third-order valence-corrected chi connectivity index (χ3v) is 4.72. The Kier molecular flexibility index (Phi) is 4.39. The SMILES string of the molecule is CC(C)Cn1c(CO)nc2c(-c3ccc(Cl)cc3)nc3ccccc3c21. The first-order chi connectivity index (χ1) is 12.6. The number of aliphatic hydroxyl groups excluding tert-OH is 1. The van der Waals surface area contributed by atoms with Crippen LogP contribution < -0.4 is 0 Å². The van der Waals surface area contributed by atoms with Gasteiger partial charge in [0.15, 0.2) is 0 Å². The van der Waals surface area contributed by atoms with E-state index in [4.69, 9.17) is 21.6 Å². The summed E-state index contributed by atoms with van der Waals surface area (Å²) in [6.07, 6.45) is 0. The van der Waals surface area contributed by atoms with Crippen molar-refractivity contribution in [3.63, 3.8) is 0 Å². The van der Waals surface area contributed by atoms with E-state index in [1.807, 2.05) is 42.5 Å². The van der Waals surface area contributed by atoms with E-state index in [9.17, 15) is 5.11 Å². The van der Waals surface area contributed by atoms with Gasteiger partial charge in [-0.2, -0.15) is 0 Å². The van der Waals surface area contributed by atoms with Crippen molar-refractivity contribution in [1.29, 1.82) is 0 Å². The second-order valence-electron chi connectivity index (χ2n) is 6.87. The lowest BCUT2D eigenvalue weighted by Gasteiger charge is -2.12. The van der Waals surface area contributed by atoms with Gasteiger partial charge >= 0.3 is 0 Å². The molecule has 0 aliphatic carbocycles. The van der Waals surface area contributed by atoms with E-state index in [1.54, 1.807) is 0 Å². The van der Waals surface area contributed by atoms with Crippen molar-refractivity contribution in [1.82, 2.24) is 14.5 Å². The highest BCUT2D eigenvalue weighted by atomic mass is 35.5. The normalized spacial score (nSPS) is 11.7. The zero-order valence-corrected chi connectivity index (χ0v) is 15.5. The minimum Gasteiger partial charge on any atom is -0.388 e. The van der Waals surface area contributed by atoms with E-state index in [0.29, 0.717) is 16.8 Å². The maximum absolute atomic E-state index is 9.88. The Hall–Kier alpha value is -2.43. The molecule has 2 aromatic heterocycles. The van der Waals surface area contributed by atoms with E-state index in [2.05, 4.69) is 24.5 Å². The van der Waals surface area contributed by atoms with Crippen molar-refractivity contribution in [3.05, 3.63) is 59.4 Å². The fraction of sp³-hybridized carbons (Fsp3) is 0.238. The number of benzene rings is 2. The van der Waals surface area contributed by atoms with Crippen molar-refractivity contribution < 1.29 is 5.11 Å². The number of fused-ring (bicyclic) bond motifs is 3. The summed E-state index contributed by atoms with van der Waals surface area (Å²) in [4.78, 5) is 9.62. The maximum Gasteiger partial charge on any atom is 0.135 e. The lowest BCUT2D eigenvalue weighted by atomic mass is 10.1. The van der Waals surface area contributed by atoms with Gasteiger partial charge in [0.2, 0.25) is 0 Å². The molecule has 0 spiro atoms. The van der Waals surface area contributed by atoms with E-state index < -0.39 is 0 Å². The Morgan fingerprint density at radius 2 is 1.77 bits per heavy atom. The fourth-order valence-electron chi connectivity index (χ4n) is 3.37. The van der Waals surface area contributed by atoms with Crippen LogP contribution in [0.1, 0.15) is 19.7 Å². The molecule has 1 N–H and O–H groups in total. The molecule has 0 saturated carbocycles. The number of aliphatic hydroxyl groups is 1. The first kappa shape index (κ1) is 17.0. The number of aromatic nitrogens is 3. The molecule has 0 aliphatic heterocycles. The van der Waals surface area contributed by atoms with E-state index >= 15 is 0 Å². The maximum atomic E-state index is 9.88. The van der Waals surface area contributed by atoms with Crippen LogP contribution in [0.4, 0.5) is 0 Å². The van der Waals surface area contributed by atoms with Crippen molar-refractivity contribution in [2.45, 2.75) is 27.0 Å². The van der Waals surface area contributed by atoms with Crippen LogP contribution in [0.5, 0.6) is 0 Å². The van der Waals surface area contributed by atoms with Gasteiger partial charge in [0.1, 0.15) is 17.9 Å². The molecule has 0 saturated heterocycles. The number of imidazole rings is 1. The number of hydrogen-bond donors (Lipinski definition) is 1. The number of pyridine rings is 1. The minimum absolute atomic E-state index is 0.101. The van der Waals surface area contributed by atoms with Crippen LogP contribution in [0, 0.1) is 5.92 Å². The molecule has 0 bridgehead atoms. The van der Waals surface area contributed by atoms with E-state index in [0.717, 1.165) is 39.7 Å². The molecule has 132 valence electrons. The molecule has 2 heterocycles. The van der Waals surface area contributed by atoms with E-state index in [1.165, 1.54) is 0 Å². The van der Waals surface area contributed by atoms with Crippen molar-refractivity contribution in [2.75, 3.05) is 0 Å². The second kappa shape index (κ2) is 6.71. The van der Waals surface area contributed by atoms with Crippen LogP contribution in [0.25, 0.3) is 33.2 Å². The van der Waals surface area contributed by atoms with Gasteiger partial charge in [0.05, 0.1) is 16.7 Å². The Balaban J connectivity index is 2.12. The molecule has 0 unspecified atom stereocenters. The zero-order valence-electron chi connectivity index (χ0n) is 14.8. The monoisotopic (exact) mass is 365 g/mol. The molecular formula is C21H20ClN3O. The van der Waals surface area contributed by atoms with Crippen LogP contribution >= 0.6 is 11.6 Å². The second-order valence-corrected chi connectivity index (χ2v) is 7.31. The molecule has 0 fully saturated rings. The van der Waals surface area contributed by atoms with E-state index in [-0.39, 0.29) is 6.61 Å². The summed E-state index contributed by atoms with van der Waals surface area (Å²) in [6, 6.07) is 15.7. The molecule has 0 amide bonds. The largest absolute Gasteiger partial charge is 0.388 e. The average Bonchev–Trinajstić information content (AvgIpc) is 3.00. The summed E-state index contributed by atoms with van der Waals surface area (Å²) in [6.45, 7) is 5.02. The van der Waals surface area contributed by atoms with Crippen molar-refractivity contribution in [2.24, 2.45) is 5.92 Å². The van der Waals surface area contributed by atoms with Crippen LogP contribution in [0.15, 0.2) is 48.5 Å². The van der Waals surface area contributed by atoms with Gasteiger partial charge in [-0.25, -0.2) is 9.97 Å². The van der Waals surface area contributed by atoms with Gasteiger partial charge < -0.3 is 9.67 Å². The molecule has 4 nitrogen and oxygen atoms in total. The molecule has 2 aromatic carbocycles. The first-order valence-corrected chi connectivity index (χ1v) is 9.11. The summed E-state index contributed by atoms with van der Waals surface area (Å²) < 4.78 is 2.13. The van der Waals surface area contributed by atoms with Crippen LogP contribution in [0.2, 0.25) is 5.02 Å². The van der Waals surface area contributed by atoms with Crippen LogP contribution in [-0.4, -0.2) is 19.6 Å². The standard InChI is InChI=1S/C21H20ClN3O/c1-13(2)11-25-18(12-26)24-20-19(14-7-9-15(22)10-8-14)23-17-6-4-3-5-16(17)21(20)25/h3-10,13,26H,11-12H2,1-2H3. The van der Waals surface area contributed by atoms with Gasteiger partial charge in [-0.1, -0.05) is 55.8 Å². The van der Waals surface area contributed by atoms with Gasteiger partial charge in [0, 0.05) is 22.5 Å². The van der Waals surface area contributed by atoms with Gasteiger partial charge in [0.25, 0.3) is 0 Å². The van der Waals surface area contributed by atoms with Gasteiger partial charge in [-0.3, -0.25) is 0 Å². The average molecular weight is 366 g/mol. The molecular weight excluding hydrogens is 346 g/mol. The Bertz CT molecular complexity index is 1080. The summed E-state index contributed by atoms with van der Waals surface area (Å²) >= 11 is 6.05. The number of halogens is 1. The highest BCUT2D eigenvalue weighted by Gasteiger charge is 2.19. The number of hydrogen-bond acceptors (Lipinski definition) is 3. The smallest absolute Gasteiger partial charge is 0.135 e. The Morgan fingerprint density at radius 1 is 1.04 bits per heavy atom. The predicted octanol–water partition coefficient (Wildman–Crippen LogP) is 5.05. The van der Waals surface area contributed by atoms with Gasteiger partial charge in [-0.05, 0) is 24.1 Å². The summed E-state index contributed by atoms with van der Waals surface area (Å²) in [7, 11) is 0. The first-order valence-electron chi connectivity index (χ1n) is 8.73. The molecule has 5 heteroatoms. The van der Waals surface area contributed by atoms with Gasteiger partial charge in [-0.15, -0.1) is 0 Å². The van der Waals surface area contributed by atoms with Crippen molar-refractivity contribution >= 4 is 33.5 Å². The Morgan fingerprint density at radius 3 is 2.46 bits per heavy atom. The summed E-state index contributed by atoms with van der Waals surface area (Å²) in [5.41, 5.74) is 4.53. The molecule has 0 aliphatic rings. The fourth-order valence-corrected chi connectivity index (χ4v) is 3.50. The van der Waals surface area contributed by atoms with Crippen LogP contribution in [0.3, 0.4) is 0 Å². The quantitative estimate of drug-likeness (QED) is 0.550. The lowest BCUT2D eigenvalue weighted by Crippen LogP contribution is -2.08. The number of para-hydroxylation sites is 1. The topological polar surface area (TPSA) is 50.9 Å². The highest BCUT2D eigenvalue weighted by molar-refractivity contribution is 6.30. The summed E-state index contributed by atoms with van der Waals surface area (Å²) in [5, 5.41) is 11.6. The summed E-state index contributed by atoms with van der Waals surface area (Å²) in [5.74, 6) is 1.10. The number of rotatable bonds is 4. The molecule has 4 aromatic rings. The molecule has 26 heavy (non-hydrogen) atoms. The molecule has 4 rings (SSSR count). The minimum atomic E-state index is -0.101. The zero-order chi connectivity index (χ0) is 18.3.